The number of hydrogen-bond donors (Lipinski definition) is 1. The molecule has 0 spiro atoms. The van der Waals surface area contributed by atoms with Gasteiger partial charge in [-0.15, -0.1) is 0 Å². The zero-order chi connectivity index (χ0) is 14.5. The van der Waals surface area contributed by atoms with E-state index in [0.717, 1.165) is 32.5 Å². The first kappa shape index (κ1) is 14.5. The Kier molecular flexibility index (Phi) is 4.73. The second-order valence-electron chi connectivity index (χ2n) is 4.94. The number of rotatable bonds is 5. The third-order valence-corrected chi connectivity index (χ3v) is 3.64. The molecule has 0 aliphatic carbocycles. The standard InChI is InChI=1S/C13H20N4O3/c1-14-9-10-5-7-16(8-6-10)13-11(17(18)19)3-4-12(15-13)20-2/h3-4,10,14H,5-9H2,1-2H3. The highest BCUT2D eigenvalue weighted by molar-refractivity contribution is 5.59. The van der Waals surface area contributed by atoms with Gasteiger partial charge in [0.05, 0.1) is 12.0 Å². The molecular weight excluding hydrogens is 260 g/mol. The fourth-order valence-electron chi connectivity index (χ4n) is 2.55. The number of nitrogens with zero attached hydrogens (tertiary/aromatic N) is 3. The Morgan fingerprint density at radius 2 is 2.20 bits per heavy atom. The fourth-order valence-corrected chi connectivity index (χ4v) is 2.55. The van der Waals surface area contributed by atoms with Gasteiger partial charge >= 0.3 is 5.69 Å². The van der Waals surface area contributed by atoms with Crippen molar-refractivity contribution < 1.29 is 9.66 Å². The molecule has 1 aromatic rings. The van der Waals surface area contributed by atoms with Crippen LogP contribution in [0.1, 0.15) is 12.8 Å². The van der Waals surface area contributed by atoms with Crippen molar-refractivity contribution in [1.29, 1.82) is 0 Å². The van der Waals surface area contributed by atoms with E-state index in [4.69, 9.17) is 4.74 Å². The first-order valence-corrected chi connectivity index (χ1v) is 6.74. The lowest BCUT2D eigenvalue weighted by atomic mass is 9.97. The van der Waals surface area contributed by atoms with E-state index < -0.39 is 0 Å². The van der Waals surface area contributed by atoms with Crippen LogP contribution in [-0.4, -0.2) is 43.7 Å². The molecule has 0 amide bonds. The Morgan fingerprint density at radius 3 is 2.75 bits per heavy atom. The summed E-state index contributed by atoms with van der Waals surface area (Å²) >= 11 is 0. The summed E-state index contributed by atoms with van der Waals surface area (Å²) in [6.07, 6.45) is 2.02. The van der Waals surface area contributed by atoms with Gasteiger partial charge in [-0.05, 0) is 32.4 Å². The predicted octanol–water partition coefficient (Wildman–Crippen LogP) is 1.43. The van der Waals surface area contributed by atoms with E-state index in [2.05, 4.69) is 10.3 Å². The van der Waals surface area contributed by atoms with Crippen LogP contribution in [0.2, 0.25) is 0 Å². The third kappa shape index (κ3) is 3.16. The van der Waals surface area contributed by atoms with E-state index in [0.29, 0.717) is 17.6 Å². The summed E-state index contributed by atoms with van der Waals surface area (Å²) in [5, 5.41) is 14.3. The molecule has 0 bridgehead atoms. The lowest BCUT2D eigenvalue weighted by Crippen LogP contribution is -2.37. The molecule has 1 saturated heterocycles. The molecular formula is C13H20N4O3. The van der Waals surface area contributed by atoms with Crippen LogP contribution in [0, 0.1) is 16.0 Å². The Hall–Kier alpha value is -1.89. The summed E-state index contributed by atoms with van der Waals surface area (Å²) in [5.41, 5.74) is 0.0397. The molecule has 7 heteroatoms. The van der Waals surface area contributed by atoms with Crippen molar-refractivity contribution in [1.82, 2.24) is 10.3 Å². The summed E-state index contributed by atoms with van der Waals surface area (Å²) in [4.78, 5) is 17.0. The zero-order valence-electron chi connectivity index (χ0n) is 11.8. The van der Waals surface area contributed by atoms with Gasteiger partial charge in [0.2, 0.25) is 11.7 Å². The van der Waals surface area contributed by atoms with E-state index >= 15 is 0 Å². The SMILES string of the molecule is CNCC1CCN(c2nc(OC)ccc2[N+](=O)[O-])CC1. The number of hydrogen-bond acceptors (Lipinski definition) is 6. The summed E-state index contributed by atoms with van der Waals surface area (Å²) < 4.78 is 5.07. The van der Waals surface area contributed by atoms with Crippen molar-refractivity contribution in [3.8, 4) is 5.88 Å². The minimum absolute atomic E-state index is 0.0397. The van der Waals surface area contributed by atoms with Gasteiger partial charge in [0.15, 0.2) is 0 Å². The highest BCUT2D eigenvalue weighted by Crippen LogP contribution is 2.31. The van der Waals surface area contributed by atoms with E-state index in [9.17, 15) is 10.1 Å². The minimum Gasteiger partial charge on any atom is -0.481 e. The van der Waals surface area contributed by atoms with Crippen LogP contribution in [0.4, 0.5) is 11.5 Å². The van der Waals surface area contributed by atoms with Crippen LogP contribution in [0.25, 0.3) is 0 Å². The summed E-state index contributed by atoms with van der Waals surface area (Å²) in [7, 11) is 3.46. The maximum Gasteiger partial charge on any atom is 0.311 e. The molecule has 2 rings (SSSR count). The topological polar surface area (TPSA) is 80.5 Å². The normalized spacial score (nSPS) is 16.2. The number of ether oxygens (including phenoxy) is 1. The van der Waals surface area contributed by atoms with Gasteiger partial charge in [0.1, 0.15) is 0 Å². The van der Waals surface area contributed by atoms with Crippen molar-refractivity contribution in [3.05, 3.63) is 22.2 Å². The third-order valence-electron chi connectivity index (χ3n) is 3.64. The van der Waals surface area contributed by atoms with E-state index in [1.165, 1.54) is 19.2 Å². The number of aromatic nitrogens is 1. The van der Waals surface area contributed by atoms with E-state index in [1.54, 1.807) is 0 Å². The van der Waals surface area contributed by atoms with Crippen molar-refractivity contribution >= 4 is 11.5 Å². The van der Waals surface area contributed by atoms with Gasteiger partial charge in [-0.25, -0.2) is 0 Å². The molecule has 110 valence electrons. The van der Waals surface area contributed by atoms with Gasteiger partial charge in [-0.1, -0.05) is 0 Å². The number of nitro groups is 1. The Labute approximate surface area is 118 Å². The number of pyridine rings is 1. The molecule has 0 unspecified atom stereocenters. The van der Waals surface area contributed by atoms with Crippen LogP contribution in [0.15, 0.2) is 12.1 Å². The molecule has 0 atom stereocenters. The van der Waals surface area contributed by atoms with Gasteiger partial charge in [0, 0.05) is 25.2 Å². The predicted molar refractivity (Wildman–Crippen MR) is 76.3 cm³/mol. The zero-order valence-corrected chi connectivity index (χ0v) is 11.8. The average molecular weight is 280 g/mol. The summed E-state index contributed by atoms with van der Waals surface area (Å²) in [6.45, 7) is 2.56. The van der Waals surface area contributed by atoms with Crippen molar-refractivity contribution in [3.63, 3.8) is 0 Å². The molecule has 7 nitrogen and oxygen atoms in total. The van der Waals surface area contributed by atoms with E-state index in [1.807, 2.05) is 11.9 Å². The van der Waals surface area contributed by atoms with Crippen molar-refractivity contribution in [2.45, 2.75) is 12.8 Å². The van der Waals surface area contributed by atoms with Crippen LogP contribution in [0.5, 0.6) is 5.88 Å². The van der Waals surface area contributed by atoms with Crippen LogP contribution >= 0.6 is 0 Å². The van der Waals surface area contributed by atoms with Crippen molar-refractivity contribution in [2.75, 3.05) is 38.7 Å². The van der Waals surface area contributed by atoms with Crippen LogP contribution in [-0.2, 0) is 0 Å². The second-order valence-corrected chi connectivity index (χ2v) is 4.94. The molecule has 1 N–H and O–H groups in total. The van der Waals surface area contributed by atoms with Crippen LogP contribution < -0.4 is 15.0 Å². The fraction of sp³-hybridized carbons (Fsp3) is 0.615. The molecule has 1 fully saturated rings. The number of piperidine rings is 1. The minimum atomic E-state index is -0.387. The maximum absolute atomic E-state index is 11.1. The highest BCUT2D eigenvalue weighted by Gasteiger charge is 2.26. The van der Waals surface area contributed by atoms with Gasteiger partial charge in [0.25, 0.3) is 0 Å². The molecule has 1 aromatic heterocycles. The van der Waals surface area contributed by atoms with Crippen LogP contribution in [0.3, 0.4) is 0 Å². The number of methoxy groups -OCH3 is 1. The van der Waals surface area contributed by atoms with E-state index in [-0.39, 0.29) is 10.6 Å². The quantitative estimate of drug-likeness (QED) is 0.649. The molecule has 2 heterocycles. The Morgan fingerprint density at radius 1 is 1.50 bits per heavy atom. The monoisotopic (exact) mass is 280 g/mol. The second kappa shape index (κ2) is 6.51. The number of anilines is 1. The highest BCUT2D eigenvalue weighted by atomic mass is 16.6. The first-order valence-electron chi connectivity index (χ1n) is 6.74. The first-order chi connectivity index (χ1) is 9.65. The summed E-state index contributed by atoms with van der Waals surface area (Å²) in [6, 6.07) is 2.98. The molecule has 0 aromatic carbocycles. The Balaban J connectivity index is 2.17. The van der Waals surface area contributed by atoms with Gasteiger partial charge in [-0.2, -0.15) is 4.98 Å². The van der Waals surface area contributed by atoms with Gasteiger partial charge < -0.3 is 15.0 Å². The lowest BCUT2D eigenvalue weighted by molar-refractivity contribution is -0.384. The molecule has 0 radical (unpaired) electrons. The molecule has 20 heavy (non-hydrogen) atoms. The average Bonchev–Trinajstić information content (AvgIpc) is 2.47. The lowest BCUT2D eigenvalue weighted by Gasteiger charge is -2.32. The smallest absolute Gasteiger partial charge is 0.311 e. The molecule has 0 saturated carbocycles. The summed E-state index contributed by atoms with van der Waals surface area (Å²) in [5.74, 6) is 1.45. The largest absolute Gasteiger partial charge is 0.481 e. The molecule has 1 aliphatic heterocycles. The maximum atomic E-state index is 11.1. The Bertz CT molecular complexity index is 473. The number of nitrogens with one attached hydrogen (secondary N) is 1. The van der Waals surface area contributed by atoms with Crippen molar-refractivity contribution in [2.24, 2.45) is 5.92 Å². The molecule has 1 aliphatic rings. The van der Waals surface area contributed by atoms with Gasteiger partial charge in [-0.3, -0.25) is 10.1 Å².